The Kier molecular flexibility index (Phi) is 15.9. The van der Waals surface area contributed by atoms with Crippen molar-refractivity contribution in [3.05, 3.63) is 46.4 Å². The van der Waals surface area contributed by atoms with Crippen LogP contribution in [0, 0.1) is 6.92 Å². The minimum Gasteiger partial charge on any atom is -0.0683 e. The Morgan fingerprint density at radius 2 is 1.76 bits per heavy atom. The Bertz CT molecular complexity index is 387. The van der Waals surface area contributed by atoms with Gasteiger partial charge in [-0.05, 0) is 44.5 Å². The average molecular weight is 372 g/mol. The van der Waals surface area contributed by atoms with Gasteiger partial charge in [0.15, 0.2) is 0 Å². The number of aryl methyl sites for hydroxylation is 1. The van der Waals surface area contributed by atoms with Crippen molar-refractivity contribution in [2.45, 2.75) is 40.7 Å². The topological polar surface area (TPSA) is 3.24 Å². The normalized spacial score (nSPS) is 11.9. The summed E-state index contributed by atoms with van der Waals surface area (Å²) >= 11 is 4.21. The fraction of sp³-hybridized carbons (Fsp3) is 0.500. The smallest absolute Gasteiger partial charge is 0.0683 e. The SMILES string of the molecule is C/C=C(/CN(C)C(C)c1ccc(C)cc1)SC.C=[Se].CC. The van der Waals surface area contributed by atoms with Crippen molar-refractivity contribution in [1.29, 1.82) is 0 Å². The molecular weight excluding hydrogens is 341 g/mol. The summed E-state index contributed by atoms with van der Waals surface area (Å²) in [6.07, 6.45) is 4.34. The van der Waals surface area contributed by atoms with Crippen molar-refractivity contribution in [3.63, 3.8) is 0 Å². The maximum absolute atomic E-state index is 3.12. The number of hydrogen-bond donors (Lipinski definition) is 0. The third-order valence-corrected chi connectivity index (χ3v) is 4.10. The second kappa shape index (κ2) is 14.6. The van der Waals surface area contributed by atoms with Gasteiger partial charge in [0.1, 0.15) is 0 Å². The van der Waals surface area contributed by atoms with Crippen LogP contribution in [-0.2, 0) is 0 Å². The third kappa shape index (κ3) is 9.31. The second-order valence-electron chi connectivity index (χ2n) is 4.46. The van der Waals surface area contributed by atoms with E-state index in [1.54, 1.807) is 0 Å². The molecule has 0 N–H and O–H groups in total. The molecule has 0 aliphatic heterocycles. The first-order chi connectivity index (χ1) is 10.1. The van der Waals surface area contributed by atoms with Crippen molar-refractivity contribution in [1.82, 2.24) is 4.90 Å². The van der Waals surface area contributed by atoms with E-state index in [1.165, 1.54) is 16.0 Å². The van der Waals surface area contributed by atoms with Gasteiger partial charge in [0, 0.05) is 12.6 Å². The van der Waals surface area contributed by atoms with Gasteiger partial charge < -0.3 is 0 Å². The van der Waals surface area contributed by atoms with Crippen LogP contribution in [0.1, 0.15) is 44.9 Å². The van der Waals surface area contributed by atoms with Crippen LogP contribution in [0.15, 0.2) is 35.2 Å². The summed E-state index contributed by atoms with van der Waals surface area (Å²) in [4.78, 5) is 3.81. The van der Waals surface area contributed by atoms with Gasteiger partial charge in [-0.25, -0.2) is 0 Å². The van der Waals surface area contributed by atoms with Crippen LogP contribution >= 0.6 is 11.8 Å². The molecule has 1 aromatic rings. The number of rotatable bonds is 5. The third-order valence-electron chi connectivity index (χ3n) is 3.21. The minimum atomic E-state index is 0.456. The van der Waals surface area contributed by atoms with E-state index in [4.69, 9.17) is 0 Å². The summed E-state index contributed by atoms with van der Waals surface area (Å²) in [6, 6.07) is 9.28. The van der Waals surface area contributed by atoms with Crippen LogP contribution in [0.25, 0.3) is 0 Å². The van der Waals surface area contributed by atoms with E-state index >= 15 is 0 Å². The summed E-state index contributed by atoms with van der Waals surface area (Å²) in [5.41, 5.74) is 5.83. The first kappa shape index (κ1) is 22.9. The van der Waals surface area contributed by atoms with Crippen LogP contribution in [0.4, 0.5) is 0 Å². The zero-order valence-corrected chi connectivity index (χ0v) is 17.2. The fourth-order valence-electron chi connectivity index (χ4n) is 1.76. The molecule has 21 heavy (non-hydrogen) atoms. The van der Waals surface area contributed by atoms with Gasteiger partial charge in [-0.3, -0.25) is 4.90 Å². The number of thioether (sulfide) groups is 1. The Labute approximate surface area is 144 Å². The summed E-state index contributed by atoms with van der Waals surface area (Å²) < 4.78 is 0. The molecule has 0 saturated heterocycles. The molecule has 1 nitrogen and oxygen atoms in total. The number of nitrogens with zero attached hydrogens (tertiary/aromatic N) is 1. The average Bonchev–Trinajstić information content (AvgIpc) is 2.56. The van der Waals surface area contributed by atoms with Gasteiger partial charge in [0.25, 0.3) is 0 Å². The van der Waals surface area contributed by atoms with Crippen molar-refractivity contribution >= 4 is 32.8 Å². The second-order valence-corrected chi connectivity index (χ2v) is 5.39. The molecule has 1 aromatic carbocycles. The van der Waals surface area contributed by atoms with E-state index in [1.807, 2.05) is 25.6 Å². The number of likely N-dealkylation sites (N-methyl/N-ethyl adjacent to an activating group) is 1. The predicted octanol–water partition coefficient (Wildman–Crippen LogP) is 4.87. The van der Waals surface area contributed by atoms with Crippen LogP contribution < -0.4 is 0 Å². The van der Waals surface area contributed by atoms with E-state index in [0.717, 1.165) is 6.54 Å². The Morgan fingerprint density at radius 1 is 1.29 bits per heavy atom. The largest absolute Gasteiger partial charge is 0.0683 e. The van der Waals surface area contributed by atoms with Gasteiger partial charge >= 0.3 is 21.0 Å². The van der Waals surface area contributed by atoms with Gasteiger partial charge in [0.05, 0.1) is 0 Å². The van der Waals surface area contributed by atoms with Crippen molar-refractivity contribution in [3.8, 4) is 0 Å². The molecule has 0 bridgehead atoms. The summed E-state index contributed by atoms with van der Waals surface area (Å²) in [6.45, 7) is 11.5. The summed E-state index contributed by atoms with van der Waals surface area (Å²) in [5.74, 6) is 0. The first-order valence-electron chi connectivity index (χ1n) is 7.33. The van der Waals surface area contributed by atoms with Crippen LogP contribution in [0.3, 0.4) is 0 Å². The standard InChI is InChI=1S/C15H23NS.C2H6.CH2Se/c1-6-15(17-5)11-16(4)13(3)14-9-7-12(2)8-10-14;2*1-2/h6-10,13H,11H2,1-5H3;1-2H3;1H2/b15-6-;;. The molecule has 1 unspecified atom stereocenters. The van der Waals surface area contributed by atoms with Crippen molar-refractivity contribution in [2.24, 2.45) is 0 Å². The Hall–Kier alpha value is -0.341. The molecule has 0 heterocycles. The van der Waals surface area contributed by atoms with Gasteiger partial charge in [-0.1, -0.05) is 49.8 Å². The monoisotopic (exact) mass is 373 g/mol. The quantitative estimate of drug-likeness (QED) is 0.679. The summed E-state index contributed by atoms with van der Waals surface area (Å²) in [7, 11) is 2.18. The number of hydrogen-bond acceptors (Lipinski definition) is 2. The van der Waals surface area contributed by atoms with E-state index in [2.05, 4.69) is 90.3 Å². The zero-order valence-electron chi connectivity index (χ0n) is 14.6. The molecule has 0 amide bonds. The van der Waals surface area contributed by atoms with E-state index in [9.17, 15) is 0 Å². The van der Waals surface area contributed by atoms with Crippen LogP contribution in [-0.4, -0.2) is 45.7 Å². The first-order valence-corrected chi connectivity index (χ1v) is 9.77. The molecule has 0 aromatic heterocycles. The van der Waals surface area contributed by atoms with E-state index in [0.29, 0.717) is 6.04 Å². The van der Waals surface area contributed by atoms with Gasteiger partial charge in [-0.2, -0.15) is 0 Å². The molecule has 0 aliphatic carbocycles. The molecule has 1 rings (SSSR count). The maximum Gasteiger partial charge on any atom is -0.0683 e. The minimum absolute atomic E-state index is 0.456. The molecular formula is C18H31NSSe. The Balaban J connectivity index is 0. The maximum atomic E-state index is 3.12. The van der Waals surface area contributed by atoms with Crippen molar-refractivity contribution < 1.29 is 0 Å². The summed E-state index contributed by atoms with van der Waals surface area (Å²) in [5, 5.41) is 0. The number of benzene rings is 1. The van der Waals surface area contributed by atoms with E-state index in [-0.39, 0.29) is 0 Å². The molecule has 0 fully saturated rings. The molecule has 0 radical (unpaired) electrons. The molecule has 0 saturated carbocycles. The van der Waals surface area contributed by atoms with Gasteiger partial charge in [0.2, 0.25) is 0 Å². The molecule has 0 aliphatic rings. The van der Waals surface area contributed by atoms with Crippen LogP contribution in [0.5, 0.6) is 0 Å². The van der Waals surface area contributed by atoms with Crippen molar-refractivity contribution in [2.75, 3.05) is 19.8 Å². The fourth-order valence-corrected chi connectivity index (χ4v) is 2.32. The predicted molar refractivity (Wildman–Crippen MR) is 104 cm³/mol. The number of allylic oxidation sites excluding steroid dienone is 1. The molecule has 0 spiro atoms. The zero-order chi connectivity index (χ0) is 16.8. The van der Waals surface area contributed by atoms with Gasteiger partial charge in [-0.15, -0.1) is 11.8 Å². The van der Waals surface area contributed by atoms with E-state index < -0.39 is 0 Å². The van der Waals surface area contributed by atoms with Crippen LogP contribution in [0.2, 0.25) is 0 Å². The molecule has 1 atom stereocenters. The molecule has 3 heteroatoms. The Morgan fingerprint density at radius 3 is 2.14 bits per heavy atom. The molecule has 120 valence electrons.